The Labute approximate surface area is 150 Å². The number of benzene rings is 1. The number of carbonyl (C=O) groups is 2. The second-order valence-electron chi connectivity index (χ2n) is 6.38. The van der Waals surface area contributed by atoms with Gasteiger partial charge >= 0.3 is 0 Å². The number of rotatable bonds is 7. The number of methoxy groups -OCH3 is 1. The summed E-state index contributed by atoms with van der Waals surface area (Å²) < 4.78 is 5.27. The van der Waals surface area contributed by atoms with Crippen molar-refractivity contribution in [2.75, 3.05) is 51.8 Å². The molecule has 0 aliphatic carbocycles. The van der Waals surface area contributed by atoms with E-state index in [9.17, 15) is 9.59 Å². The molecule has 2 rings (SSSR count). The minimum absolute atomic E-state index is 0.0287. The standard InChI is InChI=1S/C19H29N3O3/c1-5-21(6-2)18(23)13-20(3)14-19(24)22-11-7-8-15-12-16(25-4)9-10-17(15)22/h9-10,12H,5-8,11,13-14H2,1-4H3. The van der Waals surface area contributed by atoms with E-state index in [4.69, 9.17) is 4.74 Å². The molecule has 1 heterocycles. The van der Waals surface area contributed by atoms with E-state index in [2.05, 4.69) is 0 Å². The fourth-order valence-electron chi connectivity index (χ4n) is 3.24. The minimum atomic E-state index is 0.0287. The summed E-state index contributed by atoms with van der Waals surface area (Å²) in [7, 11) is 3.47. The van der Waals surface area contributed by atoms with Crippen LogP contribution in [0.2, 0.25) is 0 Å². The van der Waals surface area contributed by atoms with Gasteiger partial charge in [-0.2, -0.15) is 0 Å². The highest BCUT2D eigenvalue weighted by Gasteiger charge is 2.24. The molecule has 2 amide bonds. The fourth-order valence-corrected chi connectivity index (χ4v) is 3.24. The zero-order chi connectivity index (χ0) is 18.4. The van der Waals surface area contributed by atoms with Crippen molar-refractivity contribution in [3.8, 4) is 5.75 Å². The third kappa shape index (κ3) is 4.72. The monoisotopic (exact) mass is 347 g/mol. The summed E-state index contributed by atoms with van der Waals surface area (Å²) in [6.07, 6.45) is 1.89. The number of fused-ring (bicyclic) bond motifs is 1. The molecular weight excluding hydrogens is 318 g/mol. The van der Waals surface area contributed by atoms with Crippen molar-refractivity contribution in [1.29, 1.82) is 0 Å². The predicted molar refractivity (Wildman–Crippen MR) is 99.1 cm³/mol. The molecule has 1 aromatic carbocycles. The second kappa shape index (κ2) is 8.85. The van der Waals surface area contributed by atoms with Gasteiger partial charge in [0.15, 0.2) is 0 Å². The van der Waals surface area contributed by atoms with Gasteiger partial charge < -0.3 is 14.5 Å². The fraction of sp³-hybridized carbons (Fsp3) is 0.579. The van der Waals surface area contributed by atoms with Crippen LogP contribution >= 0.6 is 0 Å². The molecule has 0 saturated heterocycles. The van der Waals surface area contributed by atoms with Crippen LogP contribution in [0.1, 0.15) is 25.8 Å². The zero-order valence-electron chi connectivity index (χ0n) is 15.7. The molecule has 0 saturated carbocycles. The summed E-state index contributed by atoms with van der Waals surface area (Å²) in [5.74, 6) is 0.903. The highest BCUT2D eigenvalue weighted by molar-refractivity contribution is 5.96. The third-order valence-corrected chi connectivity index (χ3v) is 4.63. The first kappa shape index (κ1) is 19.2. The number of aryl methyl sites for hydroxylation is 1. The van der Waals surface area contributed by atoms with Gasteiger partial charge in [0.05, 0.1) is 20.2 Å². The topological polar surface area (TPSA) is 53.1 Å². The van der Waals surface area contributed by atoms with Crippen LogP contribution in [-0.2, 0) is 16.0 Å². The van der Waals surface area contributed by atoms with Gasteiger partial charge in [-0.15, -0.1) is 0 Å². The van der Waals surface area contributed by atoms with Gasteiger partial charge in [0, 0.05) is 25.3 Å². The van der Waals surface area contributed by atoms with E-state index in [1.165, 1.54) is 0 Å². The van der Waals surface area contributed by atoms with Crippen LogP contribution in [0.25, 0.3) is 0 Å². The van der Waals surface area contributed by atoms with E-state index in [1.54, 1.807) is 16.9 Å². The molecule has 1 aliphatic rings. The lowest BCUT2D eigenvalue weighted by Crippen LogP contribution is -2.45. The maximum Gasteiger partial charge on any atom is 0.241 e. The molecule has 6 heteroatoms. The van der Waals surface area contributed by atoms with Crippen molar-refractivity contribution in [3.05, 3.63) is 23.8 Å². The average molecular weight is 347 g/mol. The van der Waals surface area contributed by atoms with Crippen LogP contribution < -0.4 is 9.64 Å². The van der Waals surface area contributed by atoms with Crippen LogP contribution in [0, 0.1) is 0 Å². The van der Waals surface area contributed by atoms with E-state index in [0.29, 0.717) is 13.1 Å². The van der Waals surface area contributed by atoms with Crippen molar-refractivity contribution >= 4 is 17.5 Å². The second-order valence-corrected chi connectivity index (χ2v) is 6.38. The van der Waals surface area contributed by atoms with Crippen LogP contribution in [0.4, 0.5) is 5.69 Å². The zero-order valence-corrected chi connectivity index (χ0v) is 15.7. The minimum Gasteiger partial charge on any atom is -0.497 e. The summed E-state index contributed by atoms with van der Waals surface area (Å²) in [4.78, 5) is 30.3. The molecule has 25 heavy (non-hydrogen) atoms. The van der Waals surface area contributed by atoms with Gasteiger partial charge in [0.2, 0.25) is 11.8 Å². The Kier molecular flexibility index (Phi) is 6.82. The summed E-state index contributed by atoms with van der Waals surface area (Å²) in [5.41, 5.74) is 2.10. The van der Waals surface area contributed by atoms with E-state index < -0.39 is 0 Å². The lowest BCUT2D eigenvalue weighted by molar-refractivity contribution is -0.132. The first-order valence-corrected chi connectivity index (χ1v) is 8.93. The number of nitrogens with zero attached hydrogens (tertiary/aromatic N) is 3. The molecule has 1 aliphatic heterocycles. The Morgan fingerprint density at radius 1 is 1.20 bits per heavy atom. The Morgan fingerprint density at radius 2 is 1.92 bits per heavy atom. The van der Waals surface area contributed by atoms with Crippen LogP contribution in [0.3, 0.4) is 0 Å². The smallest absolute Gasteiger partial charge is 0.241 e. The molecule has 0 N–H and O–H groups in total. The molecule has 0 fully saturated rings. The Bertz CT molecular complexity index is 614. The summed E-state index contributed by atoms with van der Waals surface area (Å²) in [5, 5.41) is 0. The van der Waals surface area contributed by atoms with Crippen molar-refractivity contribution in [2.45, 2.75) is 26.7 Å². The van der Waals surface area contributed by atoms with Crippen LogP contribution in [-0.4, -0.2) is 68.5 Å². The summed E-state index contributed by atoms with van der Waals surface area (Å²) in [6, 6.07) is 5.84. The number of likely N-dealkylation sites (N-methyl/N-ethyl adjacent to an activating group) is 2. The normalized spacial score (nSPS) is 13.6. The third-order valence-electron chi connectivity index (χ3n) is 4.63. The van der Waals surface area contributed by atoms with Gasteiger partial charge in [-0.3, -0.25) is 14.5 Å². The number of ether oxygens (including phenoxy) is 1. The van der Waals surface area contributed by atoms with E-state index in [-0.39, 0.29) is 24.9 Å². The Hall–Kier alpha value is -2.08. The molecule has 0 atom stereocenters. The van der Waals surface area contributed by atoms with Gasteiger partial charge in [-0.25, -0.2) is 0 Å². The highest BCUT2D eigenvalue weighted by Crippen LogP contribution is 2.30. The molecule has 0 radical (unpaired) electrons. The predicted octanol–water partition coefficient (Wildman–Crippen LogP) is 1.77. The average Bonchev–Trinajstić information content (AvgIpc) is 2.61. The molecule has 0 bridgehead atoms. The van der Waals surface area contributed by atoms with E-state index >= 15 is 0 Å². The first-order valence-electron chi connectivity index (χ1n) is 8.93. The molecule has 0 unspecified atom stereocenters. The highest BCUT2D eigenvalue weighted by atomic mass is 16.5. The Morgan fingerprint density at radius 3 is 2.56 bits per heavy atom. The quantitative estimate of drug-likeness (QED) is 0.754. The van der Waals surface area contributed by atoms with Crippen molar-refractivity contribution in [2.24, 2.45) is 0 Å². The van der Waals surface area contributed by atoms with Gasteiger partial charge in [-0.05, 0) is 57.5 Å². The molecule has 1 aromatic rings. The lowest BCUT2D eigenvalue weighted by atomic mass is 10.0. The maximum absolute atomic E-state index is 12.7. The maximum atomic E-state index is 12.7. The molecule has 138 valence electrons. The van der Waals surface area contributed by atoms with Gasteiger partial charge in [0.25, 0.3) is 0 Å². The number of hydrogen-bond donors (Lipinski definition) is 0. The summed E-state index contributed by atoms with van der Waals surface area (Å²) >= 11 is 0. The van der Waals surface area contributed by atoms with Gasteiger partial charge in [0.1, 0.15) is 5.75 Å². The molecule has 0 spiro atoms. The largest absolute Gasteiger partial charge is 0.497 e. The number of hydrogen-bond acceptors (Lipinski definition) is 4. The number of amides is 2. The van der Waals surface area contributed by atoms with Crippen molar-refractivity contribution in [3.63, 3.8) is 0 Å². The molecular formula is C19H29N3O3. The molecule has 6 nitrogen and oxygen atoms in total. The van der Waals surface area contributed by atoms with Crippen LogP contribution in [0.15, 0.2) is 18.2 Å². The first-order chi connectivity index (χ1) is 12.0. The lowest BCUT2D eigenvalue weighted by Gasteiger charge is -2.31. The number of anilines is 1. The van der Waals surface area contributed by atoms with E-state index in [0.717, 1.165) is 36.4 Å². The van der Waals surface area contributed by atoms with E-state index in [1.807, 2.05) is 44.0 Å². The van der Waals surface area contributed by atoms with Crippen LogP contribution in [0.5, 0.6) is 5.75 Å². The number of carbonyl (C=O) groups excluding carboxylic acids is 2. The van der Waals surface area contributed by atoms with Gasteiger partial charge in [-0.1, -0.05) is 0 Å². The Balaban J connectivity index is 2.01. The van der Waals surface area contributed by atoms with Crippen molar-refractivity contribution in [1.82, 2.24) is 9.80 Å². The van der Waals surface area contributed by atoms with Crippen molar-refractivity contribution < 1.29 is 14.3 Å². The summed E-state index contributed by atoms with van der Waals surface area (Å²) in [6.45, 7) is 6.53. The SMILES string of the molecule is CCN(CC)C(=O)CN(C)CC(=O)N1CCCc2cc(OC)ccc21. The molecule has 0 aromatic heterocycles.